The number of amides is 1. The van der Waals surface area contributed by atoms with Gasteiger partial charge in [-0.2, -0.15) is 0 Å². The second-order valence-corrected chi connectivity index (χ2v) is 7.07. The molecule has 1 aliphatic rings. The zero-order valence-corrected chi connectivity index (χ0v) is 18.6. The quantitative estimate of drug-likeness (QED) is 0.445. The minimum absolute atomic E-state index is 0.117. The fourth-order valence-corrected chi connectivity index (χ4v) is 3.82. The standard InChI is InChI=1S/C23H26N2O7/c1-12(26)24-16-8-13(6-7-18(16)29-2)15-11-17(27)22(25-28)21(15)14-9-19(30-3)23(32-5)20(10-14)31-4/h6-10,17,27-28H,11H2,1-5H3,(H,24,26)/b25-22+. The van der Waals surface area contributed by atoms with Crippen LogP contribution in [0.25, 0.3) is 11.1 Å². The minimum atomic E-state index is -1.02. The van der Waals surface area contributed by atoms with Crippen LogP contribution in [-0.4, -0.2) is 56.5 Å². The summed E-state index contributed by atoms with van der Waals surface area (Å²) in [4.78, 5) is 11.6. The van der Waals surface area contributed by atoms with Crippen molar-refractivity contribution in [2.45, 2.75) is 19.4 Å². The molecule has 9 nitrogen and oxygen atoms in total. The molecule has 3 N–H and O–H groups in total. The topological polar surface area (TPSA) is 119 Å². The van der Waals surface area contributed by atoms with E-state index in [1.807, 2.05) is 6.07 Å². The van der Waals surface area contributed by atoms with Crippen LogP contribution >= 0.6 is 0 Å². The summed E-state index contributed by atoms with van der Waals surface area (Å²) in [5, 5.41) is 26.4. The molecule has 0 aliphatic heterocycles. The molecule has 32 heavy (non-hydrogen) atoms. The molecule has 170 valence electrons. The Morgan fingerprint density at radius 1 is 0.969 bits per heavy atom. The van der Waals surface area contributed by atoms with Gasteiger partial charge in [-0.15, -0.1) is 0 Å². The molecule has 0 heterocycles. The predicted octanol–water partition coefficient (Wildman–Crippen LogP) is 3.19. The third-order valence-electron chi connectivity index (χ3n) is 5.19. The monoisotopic (exact) mass is 442 g/mol. The SMILES string of the molecule is COc1ccc(C2=C(c3cc(OC)c(OC)c(OC)c3)/C(=N/O)C(O)C2)cc1NC(C)=O. The van der Waals surface area contributed by atoms with Crippen LogP contribution in [0.1, 0.15) is 24.5 Å². The van der Waals surface area contributed by atoms with E-state index in [4.69, 9.17) is 18.9 Å². The molecule has 1 atom stereocenters. The highest BCUT2D eigenvalue weighted by Crippen LogP contribution is 2.45. The van der Waals surface area contributed by atoms with Gasteiger partial charge in [0.05, 0.1) is 34.1 Å². The Kier molecular flexibility index (Phi) is 6.89. The van der Waals surface area contributed by atoms with Crippen molar-refractivity contribution in [2.75, 3.05) is 33.8 Å². The van der Waals surface area contributed by atoms with Crippen molar-refractivity contribution < 1.29 is 34.1 Å². The molecule has 0 saturated carbocycles. The van der Waals surface area contributed by atoms with E-state index in [1.165, 1.54) is 35.4 Å². The number of anilines is 1. The average Bonchev–Trinajstić information content (AvgIpc) is 3.13. The minimum Gasteiger partial charge on any atom is -0.495 e. The van der Waals surface area contributed by atoms with Crippen LogP contribution < -0.4 is 24.3 Å². The van der Waals surface area contributed by atoms with Gasteiger partial charge in [-0.25, -0.2) is 0 Å². The summed E-state index contributed by atoms with van der Waals surface area (Å²) >= 11 is 0. The van der Waals surface area contributed by atoms with E-state index in [0.717, 1.165) is 5.56 Å². The Balaban J connectivity index is 2.27. The number of hydrogen-bond acceptors (Lipinski definition) is 8. The summed E-state index contributed by atoms with van der Waals surface area (Å²) in [6.07, 6.45) is -0.813. The molecule has 3 rings (SSSR count). The van der Waals surface area contributed by atoms with Gasteiger partial charge >= 0.3 is 0 Å². The Bertz CT molecular complexity index is 1070. The first-order chi connectivity index (χ1) is 15.4. The molecule has 0 radical (unpaired) electrons. The van der Waals surface area contributed by atoms with Gasteiger partial charge in [0.15, 0.2) is 11.5 Å². The van der Waals surface area contributed by atoms with Crippen LogP contribution in [0.4, 0.5) is 5.69 Å². The summed E-state index contributed by atoms with van der Waals surface area (Å²) in [6.45, 7) is 1.41. The maximum Gasteiger partial charge on any atom is 0.221 e. The fraction of sp³-hybridized carbons (Fsp3) is 0.304. The van der Waals surface area contributed by atoms with Crippen LogP contribution in [0, 0.1) is 0 Å². The fourth-order valence-electron chi connectivity index (χ4n) is 3.82. The average molecular weight is 442 g/mol. The van der Waals surface area contributed by atoms with Gasteiger partial charge in [-0.3, -0.25) is 4.79 Å². The highest BCUT2D eigenvalue weighted by Gasteiger charge is 2.33. The Morgan fingerprint density at radius 2 is 1.59 bits per heavy atom. The molecule has 0 spiro atoms. The van der Waals surface area contributed by atoms with Crippen molar-refractivity contribution in [3.8, 4) is 23.0 Å². The van der Waals surface area contributed by atoms with Crippen LogP contribution in [0.5, 0.6) is 23.0 Å². The lowest BCUT2D eigenvalue weighted by molar-refractivity contribution is -0.114. The van der Waals surface area contributed by atoms with Crippen LogP contribution in [0.2, 0.25) is 0 Å². The molecular weight excluding hydrogens is 416 g/mol. The highest BCUT2D eigenvalue weighted by atomic mass is 16.5. The van der Waals surface area contributed by atoms with Gasteiger partial charge in [-0.1, -0.05) is 11.2 Å². The number of methoxy groups -OCH3 is 4. The Morgan fingerprint density at radius 3 is 2.09 bits per heavy atom. The molecule has 0 fully saturated rings. The second-order valence-electron chi connectivity index (χ2n) is 7.07. The maximum atomic E-state index is 11.6. The summed E-state index contributed by atoms with van der Waals surface area (Å²) < 4.78 is 21.6. The van der Waals surface area contributed by atoms with E-state index in [9.17, 15) is 15.1 Å². The number of carbonyl (C=O) groups excluding carboxylic acids is 1. The first-order valence-corrected chi connectivity index (χ1v) is 9.78. The molecule has 9 heteroatoms. The number of oxime groups is 1. The van der Waals surface area contributed by atoms with Crippen molar-refractivity contribution in [2.24, 2.45) is 5.16 Å². The summed E-state index contributed by atoms with van der Waals surface area (Å²) in [7, 11) is 6.02. The van der Waals surface area contributed by atoms with Crippen LogP contribution in [0.15, 0.2) is 35.5 Å². The molecule has 1 unspecified atom stereocenters. The lowest BCUT2D eigenvalue weighted by Gasteiger charge is -2.16. The Hall–Kier alpha value is -3.72. The number of carbonyl (C=O) groups is 1. The van der Waals surface area contributed by atoms with Crippen LogP contribution in [-0.2, 0) is 4.79 Å². The third-order valence-corrected chi connectivity index (χ3v) is 5.19. The number of aliphatic hydroxyl groups excluding tert-OH is 1. The van der Waals surface area contributed by atoms with Crippen LogP contribution in [0.3, 0.4) is 0 Å². The predicted molar refractivity (Wildman–Crippen MR) is 120 cm³/mol. The van der Waals surface area contributed by atoms with E-state index < -0.39 is 6.10 Å². The molecule has 2 aromatic carbocycles. The number of benzene rings is 2. The van der Waals surface area contributed by atoms with Crippen molar-refractivity contribution in [3.05, 3.63) is 41.5 Å². The summed E-state index contributed by atoms with van der Waals surface area (Å²) in [5.41, 5.74) is 3.17. The number of aliphatic hydroxyl groups is 1. The Labute approximate surface area is 185 Å². The van der Waals surface area contributed by atoms with Crippen molar-refractivity contribution in [3.63, 3.8) is 0 Å². The second kappa shape index (κ2) is 9.61. The van der Waals surface area contributed by atoms with Crippen molar-refractivity contribution in [1.29, 1.82) is 0 Å². The van der Waals surface area contributed by atoms with Gasteiger partial charge in [0.25, 0.3) is 0 Å². The van der Waals surface area contributed by atoms with Crippen molar-refractivity contribution >= 4 is 28.5 Å². The highest BCUT2D eigenvalue weighted by molar-refractivity contribution is 6.35. The molecule has 0 saturated heterocycles. The van der Waals surface area contributed by atoms with Gasteiger partial charge in [0.2, 0.25) is 11.7 Å². The molecule has 0 bridgehead atoms. The summed E-state index contributed by atoms with van der Waals surface area (Å²) in [6, 6.07) is 8.72. The molecule has 0 aromatic heterocycles. The normalized spacial score (nSPS) is 16.8. The third kappa shape index (κ3) is 4.19. The number of nitrogens with one attached hydrogen (secondary N) is 1. The first-order valence-electron chi connectivity index (χ1n) is 9.78. The van der Waals surface area contributed by atoms with E-state index in [2.05, 4.69) is 10.5 Å². The molecule has 2 aromatic rings. The molecule has 1 aliphatic carbocycles. The van der Waals surface area contributed by atoms with Gasteiger partial charge < -0.3 is 34.6 Å². The van der Waals surface area contributed by atoms with Gasteiger partial charge in [0.1, 0.15) is 17.6 Å². The van der Waals surface area contributed by atoms with Crippen molar-refractivity contribution in [1.82, 2.24) is 0 Å². The maximum absolute atomic E-state index is 11.6. The lowest BCUT2D eigenvalue weighted by Crippen LogP contribution is -2.15. The summed E-state index contributed by atoms with van der Waals surface area (Å²) in [5.74, 6) is 1.50. The van der Waals surface area contributed by atoms with E-state index in [0.29, 0.717) is 45.4 Å². The number of nitrogens with zero attached hydrogens (tertiary/aromatic N) is 1. The lowest BCUT2D eigenvalue weighted by atomic mass is 9.95. The van der Waals surface area contributed by atoms with E-state index in [1.54, 1.807) is 24.3 Å². The van der Waals surface area contributed by atoms with Gasteiger partial charge in [-0.05, 0) is 41.0 Å². The van der Waals surface area contributed by atoms with Gasteiger partial charge in [0, 0.05) is 18.9 Å². The smallest absolute Gasteiger partial charge is 0.221 e. The van der Waals surface area contributed by atoms with E-state index >= 15 is 0 Å². The largest absolute Gasteiger partial charge is 0.495 e. The first kappa shape index (κ1) is 23.0. The molecular formula is C23H26N2O7. The van der Waals surface area contributed by atoms with E-state index in [-0.39, 0.29) is 18.0 Å². The zero-order valence-electron chi connectivity index (χ0n) is 18.6. The number of rotatable bonds is 7. The number of hydrogen-bond donors (Lipinski definition) is 3. The molecule has 1 amide bonds. The number of ether oxygens (including phenoxy) is 4. The zero-order chi connectivity index (χ0) is 23.4.